The number of sulfonamides is 1. The van der Waals surface area contributed by atoms with Gasteiger partial charge in [-0.3, -0.25) is 13.9 Å². The summed E-state index contributed by atoms with van der Waals surface area (Å²) in [6.45, 7) is 1.27. The monoisotopic (exact) mass is 617 g/mol. The Labute approximate surface area is 231 Å². The standard InChI is InChI=1S/C25H30BrCl2N3O4S/c1-17(25(33)29-21-9-4-3-5-10-21)30(15-18-7-6-8-19(26)13-18)24(32)16-31(36(2,34)35)23-12-11-20(27)14-22(23)28/h6-8,11-14,17,21H,3-5,9-10,15-16H2,1-2H3,(H,29,33)/t17-/m1/s1. The van der Waals surface area contributed by atoms with Crippen molar-refractivity contribution in [3.05, 3.63) is 62.5 Å². The first-order chi connectivity index (χ1) is 17.0. The second-order valence-corrected chi connectivity index (χ2v) is 12.7. The molecule has 0 radical (unpaired) electrons. The quantitative estimate of drug-likeness (QED) is 0.408. The largest absolute Gasteiger partial charge is 0.352 e. The van der Waals surface area contributed by atoms with E-state index in [1.165, 1.54) is 23.1 Å². The molecular weight excluding hydrogens is 589 g/mol. The molecule has 1 aliphatic rings. The maximum atomic E-state index is 13.6. The highest BCUT2D eigenvalue weighted by Gasteiger charge is 2.31. The molecule has 1 fully saturated rings. The molecule has 36 heavy (non-hydrogen) atoms. The highest BCUT2D eigenvalue weighted by Crippen LogP contribution is 2.30. The molecule has 3 rings (SSSR count). The summed E-state index contributed by atoms with van der Waals surface area (Å²) >= 11 is 15.7. The molecule has 11 heteroatoms. The first-order valence-electron chi connectivity index (χ1n) is 11.7. The molecule has 2 amide bonds. The van der Waals surface area contributed by atoms with Crippen LogP contribution in [0, 0.1) is 0 Å². The molecule has 0 aromatic heterocycles. The normalized spacial score (nSPS) is 15.2. The van der Waals surface area contributed by atoms with Crippen molar-refractivity contribution >= 4 is 66.7 Å². The highest BCUT2D eigenvalue weighted by molar-refractivity contribution is 9.10. The van der Waals surface area contributed by atoms with Crippen LogP contribution in [0.2, 0.25) is 10.0 Å². The topological polar surface area (TPSA) is 86.8 Å². The van der Waals surface area contributed by atoms with Gasteiger partial charge in [0.2, 0.25) is 21.8 Å². The number of halogens is 3. The number of amides is 2. The Morgan fingerprint density at radius 3 is 2.42 bits per heavy atom. The van der Waals surface area contributed by atoms with Gasteiger partial charge in [-0.05, 0) is 55.7 Å². The van der Waals surface area contributed by atoms with Crippen LogP contribution in [-0.4, -0.2) is 50.0 Å². The van der Waals surface area contributed by atoms with Crippen LogP contribution in [0.1, 0.15) is 44.6 Å². The zero-order valence-electron chi connectivity index (χ0n) is 20.2. The fourth-order valence-electron chi connectivity index (χ4n) is 4.26. The second kappa shape index (κ2) is 12.6. The van der Waals surface area contributed by atoms with Crippen molar-refractivity contribution in [2.75, 3.05) is 17.1 Å². The van der Waals surface area contributed by atoms with Crippen molar-refractivity contribution < 1.29 is 18.0 Å². The summed E-state index contributed by atoms with van der Waals surface area (Å²) in [5.74, 6) is -0.793. The number of rotatable bonds is 9. The van der Waals surface area contributed by atoms with Gasteiger partial charge in [-0.2, -0.15) is 0 Å². The fraction of sp³-hybridized carbons (Fsp3) is 0.440. The van der Waals surface area contributed by atoms with Crippen LogP contribution in [0.5, 0.6) is 0 Å². The van der Waals surface area contributed by atoms with Crippen LogP contribution in [0.3, 0.4) is 0 Å². The Bertz CT molecular complexity index is 1210. The lowest BCUT2D eigenvalue weighted by molar-refractivity contribution is -0.139. The average Bonchev–Trinajstić information content (AvgIpc) is 2.81. The number of carbonyl (C=O) groups is 2. The molecule has 0 unspecified atom stereocenters. The van der Waals surface area contributed by atoms with E-state index in [-0.39, 0.29) is 29.2 Å². The molecule has 7 nitrogen and oxygen atoms in total. The van der Waals surface area contributed by atoms with Crippen molar-refractivity contribution in [3.63, 3.8) is 0 Å². The summed E-state index contributed by atoms with van der Waals surface area (Å²) in [5, 5.41) is 3.51. The zero-order chi connectivity index (χ0) is 26.5. The Morgan fingerprint density at radius 2 is 1.81 bits per heavy atom. The molecule has 196 valence electrons. The van der Waals surface area contributed by atoms with Gasteiger partial charge >= 0.3 is 0 Å². The van der Waals surface area contributed by atoms with E-state index in [0.717, 1.165) is 52.7 Å². The molecule has 1 aliphatic carbocycles. The van der Waals surface area contributed by atoms with E-state index in [1.54, 1.807) is 6.92 Å². The Hall–Kier alpha value is -1.81. The second-order valence-electron chi connectivity index (χ2n) is 9.04. The van der Waals surface area contributed by atoms with Gasteiger partial charge in [-0.15, -0.1) is 0 Å². The number of carbonyl (C=O) groups excluding carboxylic acids is 2. The zero-order valence-corrected chi connectivity index (χ0v) is 24.1. The number of hydrogen-bond acceptors (Lipinski definition) is 4. The minimum Gasteiger partial charge on any atom is -0.352 e. The molecule has 1 saturated carbocycles. The minimum atomic E-state index is -3.88. The molecule has 1 N–H and O–H groups in total. The maximum absolute atomic E-state index is 13.6. The predicted molar refractivity (Wildman–Crippen MR) is 148 cm³/mol. The van der Waals surface area contributed by atoms with E-state index in [1.807, 2.05) is 24.3 Å². The molecule has 0 spiro atoms. The van der Waals surface area contributed by atoms with Gasteiger partial charge in [0.15, 0.2) is 0 Å². The lowest BCUT2D eigenvalue weighted by atomic mass is 9.95. The Kier molecular flexibility index (Phi) is 10.1. The summed E-state index contributed by atoms with van der Waals surface area (Å²) in [5.41, 5.74) is 0.934. The van der Waals surface area contributed by atoms with Crippen LogP contribution < -0.4 is 9.62 Å². The van der Waals surface area contributed by atoms with Crippen LogP contribution in [-0.2, 0) is 26.2 Å². The first-order valence-corrected chi connectivity index (χ1v) is 15.1. The van der Waals surface area contributed by atoms with Gasteiger partial charge in [-0.1, -0.05) is 70.5 Å². The van der Waals surface area contributed by atoms with E-state index in [4.69, 9.17) is 23.2 Å². The lowest BCUT2D eigenvalue weighted by Gasteiger charge is -2.33. The van der Waals surface area contributed by atoms with Gasteiger partial charge < -0.3 is 10.2 Å². The summed E-state index contributed by atoms with van der Waals surface area (Å²) in [6.07, 6.45) is 6.10. The minimum absolute atomic E-state index is 0.0805. The van der Waals surface area contributed by atoms with Crippen molar-refractivity contribution in [2.45, 2.75) is 57.7 Å². The lowest BCUT2D eigenvalue weighted by Crippen LogP contribution is -2.53. The van der Waals surface area contributed by atoms with Crippen LogP contribution in [0.15, 0.2) is 46.9 Å². The van der Waals surface area contributed by atoms with Gasteiger partial charge in [0.05, 0.1) is 17.0 Å². The van der Waals surface area contributed by atoms with E-state index in [0.29, 0.717) is 5.02 Å². The molecule has 0 heterocycles. The fourth-order valence-corrected chi connectivity index (χ4v) is 6.13. The van der Waals surface area contributed by atoms with Crippen LogP contribution in [0.4, 0.5) is 5.69 Å². The average molecular weight is 619 g/mol. The van der Waals surface area contributed by atoms with Crippen molar-refractivity contribution in [2.24, 2.45) is 0 Å². The third kappa shape index (κ3) is 7.84. The number of benzene rings is 2. The number of nitrogens with zero attached hydrogens (tertiary/aromatic N) is 2. The van der Waals surface area contributed by atoms with Crippen LogP contribution in [0.25, 0.3) is 0 Å². The van der Waals surface area contributed by atoms with Gasteiger partial charge in [0.1, 0.15) is 12.6 Å². The SMILES string of the molecule is C[C@H](C(=O)NC1CCCCC1)N(Cc1cccc(Br)c1)C(=O)CN(c1ccc(Cl)cc1Cl)S(C)(=O)=O. The maximum Gasteiger partial charge on any atom is 0.244 e. The molecule has 0 saturated heterocycles. The summed E-state index contributed by atoms with van der Waals surface area (Å²) in [7, 11) is -3.88. The molecule has 0 aliphatic heterocycles. The molecule has 2 aromatic rings. The van der Waals surface area contributed by atoms with E-state index >= 15 is 0 Å². The van der Waals surface area contributed by atoms with E-state index in [2.05, 4.69) is 21.2 Å². The molecular formula is C25H30BrCl2N3O4S. The van der Waals surface area contributed by atoms with Crippen molar-refractivity contribution in [1.29, 1.82) is 0 Å². The van der Waals surface area contributed by atoms with Gasteiger partial charge in [0.25, 0.3) is 0 Å². The summed E-state index contributed by atoms with van der Waals surface area (Å²) in [4.78, 5) is 28.2. The number of nitrogens with one attached hydrogen (secondary N) is 1. The third-order valence-electron chi connectivity index (χ3n) is 6.22. The van der Waals surface area contributed by atoms with E-state index in [9.17, 15) is 18.0 Å². The number of hydrogen-bond donors (Lipinski definition) is 1. The first kappa shape index (κ1) is 28.8. The molecule has 2 aromatic carbocycles. The van der Waals surface area contributed by atoms with Gasteiger partial charge in [0, 0.05) is 22.1 Å². The molecule has 1 atom stereocenters. The van der Waals surface area contributed by atoms with Crippen molar-refractivity contribution in [1.82, 2.24) is 10.2 Å². The van der Waals surface area contributed by atoms with Crippen molar-refractivity contribution in [3.8, 4) is 0 Å². The highest BCUT2D eigenvalue weighted by atomic mass is 79.9. The number of anilines is 1. The predicted octanol–water partition coefficient (Wildman–Crippen LogP) is 5.39. The Morgan fingerprint density at radius 1 is 1.11 bits per heavy atom. The summed E-state index contributed by atoms with van der Waals surface area (Å²) < 4.78 is 27.1. The van der Waals surface area contributed by atoms with Gasteiger partial charge in [-0.25, -0.2) is 8.42 Å². The van der Waals surface area contributed by atoms with E-state index < -0.39 is 28.5 Å². The smallest absolute Gasteiger partial charge is 0.244 e. The third-order valence-corrected chi connectivity index (χ3v) is 8.38. The summed E-state index contributed by atoms with van der Waals surface area (Å²) in [6, 6.07) is 11.0. The van der Waals surface area contributed by atoms with Crippen LogP contribution >= 0.6 is 39.1 Å². The Balaban J connectivity index is 1.89. The molecule has 0 bridgehead atoms.